The van der Waals surface area contributed by atoms with Crippen LogP contribution in [0.15, 0.2) is 15.9 Å². The van der Waals surface area contributed by atoms with Crippen molar-refractivity contribution in [3.05, 3.63) is 20.8 Å². The van der Waals surface area contributed by atoms with E-state index in [0.717, 1.165) is 8.66 Å². The maximum atomic E-state index is 11.3. The van der Waals surface area contributed by atoms with Crippen molar-refractivity contribution in [2.45, 2.75) is 13.3 Å². The van der Waals surface area contributed by atoms with Crippen molar-refractivity contribution >= 4 is 33.0 Å². The highest BCUT2D eigenvalue weighted by atomic mass is 79.9. The summed E-state index contributed by atoms with van der Waals surface area (Å²) >= 11 is 4.74. The minimum absolute atomic E-state index is 0.0973. The average molecular weight is 243 g/mol. The SMILES string of the molecule is CC#CCC(=O)c1ccc(Br)s1. The Morgan fingerprint density at radius 2 is 2.42 bits per heavy atom. The molecule has 0 saturated heterocycles. The topological polar surface area (TPSA) is 17.1 Å². The quantitative estimate of drug-likeness (QED) is 0.576. The minimum Gasteiger partial charge on any atom is -0.292 e. The molecule has 0 radical (unpaired) electrons. The monoisotopic (exact) mass is 242 g/mol. The number of carbonyl (C=O) groups is 1. The highest BCUT2D eigenvalue weighted by Gasteiger charge is 2.05. The van der Waals surface area contributed by atoms with Gasteiger partial charge in [-0.15, -0.1) is 17.3 Å². The van der Waals surface area contributed by atoms with Gasteiger partial charge in [0.05, 0.1) is 15.1 Å². The van der Waals surface area contributed by atoms with Crippen LogP contribution in [-0.4, -0.2) is 5.78 Å². The molecule has 0 saturated carbocycles. The van der Waals surface area contributed by atoms with Gasteiger partial charge in [0.2, 0.25) is 0 Å². The molecular formula is C9H7BrOS. The molecule has 1 heterocycles. The van der Waals surface area contributed by atoms with E-state index in [0.29, 0.717) is 6.42 Å². The van der Waals surface area contributed by atoms with E-state index in [9.17, 15) is 4.79 Å². The van der Waals surface area contributed by atoms with Crippen molar-refractivity contribution in [1.82, 2.24) is 0 Å². The molecule has 0 N–H and O–H groups in total. The van der Waals surface area contributed by atoms with Crippen LogP contribution >= 0.6 is 27.3 Å². The fourth-order valence-corrected chi connectivity index (χ4v) is 2.04. The van der Waals surface area contributed by atoms with Crippen molar-refractivity contribution < 1.29 is 4.79 Å². The molecule has 0 atom stereocenters. The Morgan fingerprint density at radius 3 is 2.92 bits per heavy atom. The van der Waals surface area contributed by atoms with Crippen LogP contribution in [-0.2, 0) is 0 Å². The lowest BCUT2D eigenvalue weighted by atomic mass is 10.2. The molecule has 0 fully saturated rings. The lowest BCUT2D eigenvalue weighted by Gasteiger charge is -1.87. The van der Waals surface area contributed by atoms with Crippen LogP contribution in [0.1, 0.15) is 23.0 Å². The molecule has 1 aromatic heterocycles. The summed E-state index contributed by atoms with van der Waals surface area (Å²) in [5, 5.41) is 0. The first-order valence-electron chi connectivity index (χ1n) is 3.42. The Hall–Kier alpha value is -0.590. The van der Waals surface area contributed by atoms with Crippen LogP contribution in [0.25, 0.3) is 0 Å². The molecule has 3 heteroatoms. The summed E-state index contributed by atoms with van der Waals surface area (Å²) < 4.78 is 0.982. The molecule has 1 aromatic rings. The largest absolute Gasteiger partial charge is 0.292 e. The summed E-state index contributed by atoms with van der Waals surface area (Å²) in [5.41, 5.74) is 0. The molecule has 62 valence electrons. The second kappa shape index (κ2) is 4.44. The fourth-order valence-electron chi connectivity index (χ4n) is 0.720. The number of ketones is 1. The van der Waals surface area contributed by atoms with Gasteiger partial charge in [-0.1, -0.05) is 5.92 Å². The lowest BCUT2D eigenvalue weighted by Crippen LogP contribution is -1.92. The van der Waals surface area contributed by atoms with Crippen LogP contribution < -0.4 is 0 Å². The first-order chi connectivity index (χ1) is 5.74. The molecule has 0 unspecified atom stereocenters. The predicted octanol–water partition coefficient (Wildman–Crippen LogP) is 3.11. The predicted molar refractivity (Wildman–Crippen MR) is 54.4 cm³/mol. The third kappa shape index (κ3) is 2.47. The third-order valence-electron chi connectivity index (χ3n) is 1.27. The summed E-state index contributed by atoms with van der Waals surface area (Å²) in [7, 11) is 0. The Bertz CT molecular complexity index is 343. The van der Waals surface area contributed by atoms with Crippen LogP contribution in [0, 0.1) is 11.8 Å². The zero-order valence-electron chi connectivity index (χ0n) is 6.56. The molecule has 0 aliphatic carbocycles. The fraction of sp³-hybridized carbons (Fsp3) is 0.222. The van der Waals surface area contributed by atoms with Crippen molar-refractivity contribution in [1.29, 1.82) is 0 Å². The summed E-state index contributed by atoms with van der Waals surface area (Å²) in [5.74, 6) is 5.54. The van der Waals surface area contributed by atoms with Gasteiger partial charge >= 0.3 is 0 Å². The maximum absolute atomic E-state index is 11.3. The van der Waals surface area contributed by atoms with E-state index in [-0.39, 0.29) is 5.78 Å². The average Bonchev–Trinajstić information content (AvgIpc) is 2.47. The van der Waals surface area contributed by atoms with Crippen molar-refractivity contribution in [3.63, 3.8) is 0 Å². The van der Waals surface area contributed by atoms with Crippen molar-refractivity contribution in [2.24, 2.45) is 0 Å². The highest BCUT2D eigenvalue weighted by molar-refractivity contribution is 9.11. The van der Waals surface area contributed by atoms with E-state index in [1.807, 2.05) is 12.1 Å². The highest BCUT2D eigenvalue weighted by Crippen LogP contribution is 2.22. The van der Waals surface area contributed by atoms with Crippen LogP contribution in [0.5, 0.6) is 0 Å². The summed E-state index contributed by atoms with van der Waals surface area (Å²) in [6.07, 6.45) is 0.323. The molecule has 0 aliphatic rings. The van der Waals surface area contributed by atoms with Gasteiger partial charge in [0.25, 0.3) is 0 Å². The second-order valence-electron chi connectivity index (χ2n) is 2.13. The first-order valence-corrected chi connectivity index (χ1v) is 5.03. The summed E-state index contributed by atoms with van der Waals surface area (Å²) in [6, 6.07) is 3.69. The summed E-state index contributed by atoms with van der Waals surface area (Å²) in [4.78, 5) is 12.1. The number of Topliss-reactive ketones (excluding diaryl/α,β-unsaturated/α-hetero) is 1. The Labute approximate surface area is 83.9 Å². The molecular weight excluding hydrogens is 236 g/mol. The van der Waals surface area contributed by atoms with E-state index in [2.05, 4.69) is 27.8 Å². The molecule has 0 aliphatic heterocycles. The molecule has 1 nitrogen and oxygen atoms in total. The number of halogens is 1. The van der Waals surface area contributed by atoms with Crippen molar-refractivity contribution in [3.8, 4) is 11.8 Å². The van der Waals surface area contributed by atoms with Crippen LogP contribution in [0.4, 0.5) is 0 Å². The van der Waals surface area contributed by atoms with Gasteiger partial charge < -0.3 is 0 Å². The van der Waals surface area contributed by atoms with Gasteiger partial charge in [-0.3, -0.25) is 4.79 Å². The lowest BCUT2D eigenvalue weighted by molar-refractivity contribution is 0.100. The van der Waals surface area contributed by atoms with E-state index in [4.69, 9.17) is 0 Å². The number of carbonyl (C=O) groups excluding carboxylic acids is 1. The van der Waals surface area contributed by atoms with Gasteiger partial charge in [0, 0.05) is 0 Å². The number of thiophene rings is 1. The molecule has 0 spiro atoms. The number of rotatable bonds is 2. The normalized spacial score (nSPS) is 8.83. The van der Waals surface area contributed by atoms with Gasteiger partial charge in [0.15, 0.2) is 5.78 Å². The smallest absolute Gasteiger partial charge is 0.184 e. The standard InChI is InChI=1S/C9H7BrOS/c1-2-3-4-7(11)8-5-6-9(10)12-8/h5-6H,4H2,1H3. The van der Waals surface area contributed by atoms with E-state index < -0.39 is 0 Å². The van der Waals surface area contributed by atoms with Gasteiger partial charge in [-0.05, 0) is 35.0 Å². The summed E-state index contributed by atoms with van der Waals surface area (Å²) in [6.45, 7) is 1.73. The second-order valence-corrected chi connectivity index (χ2v) is 4.59. The van der Waals surface area contributed by atoms with E-state index in [1.165, 1.54) is 11.3 Å². The molecule has 0 bridgehead atoms. The zero-order valence-corrected chi connectivity index (χ0v) is 8.96. The van der Waals surface area contributed by atoms with Crippen LogP contribution in [0.2, 0.25) is 0 Å². The maximum Gasteiger partial charge on any atom is 0.184 e. The number of hydrogen-bond donors (Lipinski definition) is 0. The molecule has 12 heavy (non-hydrogen) atoms. The van der Waals surface area contributed by atoms with Gasteiger partial charge in [-0.2, -0.15) is 0 Å². The molecule has 0 amide bonds. The molecule has 1 rings (SSSR count). The Kier molecular flexibility index (Phi) is 3.51. The Balaban J connectivity index is 2.69. The first kappa shape index (κ1) is 9.50. The zero-order chi connectivity index (χ0) is 8.97. The van der Waals surface area contributed by atoms with Gasteiger partial charge in [-0.25, -0.2) is 0 Å². The number of hydrogen-bond acceptors (Lipinski definition) is 2. The van der Waals surface area contributed by atoms with E-state index in [1.54, 1.807) is 6.92 Å². The Morgan fingerprint density at radius 1 is 1.67 bits per heavy atom. The van der Waals surface area contributed by atoms with Crippen LogP contribution in [0.3, 0.4) is 0 Å². The van der Waals surface area contributed by atoms with E-state index >= 15 is 0 Å². The third-order valence-corrected chi connectivity index (χ3v) is 2.94. The molecule has 0 aromatic carbocycles. The van der Waals surface area contributed by atoms with Gasteiger partial charge in [0.1, 0.15) is 0 Å². The minimum atomic E-state index is 0.0973. The van der Waals surface area contributed by atoms with Crippen molar-refractivity contribution in [2.75, 3.05) is 0 Å².